The fraction of sp³-hybridized carbons (Fsp3) is 0.667. The third-order valence-electron chi connectivity index (χ3n) is 1.60. The summed E-state index contributed by atoms with van der Waals surface area (Å²) in [6, 6.07) is 0. The van der Waals surface area contributed by atoms with Crippen molar-refractivity contribution in [1.29, 1.82) is 0 Å². The van der Waals surface area contributed by atoms with E-state index in [0.717, 1.165) is 0 Å². The Morgan fingerprint density at radius 3 is 2.08 bits per heavy atom. The Balaban J connectivity index is 4.51. The van der Waals surface area contributed by atoms with Crippen molar-refractivity contribution in [2.75, 3.05) is 6.61 Å². The van der Waals surface area contributed by atoms with E-state index in [9.17, 15) is 14.4 Å². The van der Waals surface area contributed by atoms with Crippen molar-refractivity contribution < 1.29 is 19.1 Å². The van der Waals surface area contributed by atoms with Crippen molar-refractivity contribution in [3.63, 3.8) is 0 Å². The zero-order valence-corrected chi connectivity index (χ0v) is 8.12. The van der Waals surface area contributed by atoms with Gasteiger partial charge in [-0.25, -0.2) is 0 Å². The monoisotopic (exact) mass is 186 g/mol. The molecule has 0 heterocycles. The summed E-state index contributed by atoms with van der Waals surface area (Å²) >= 11 is 0. The van der Waals surface area contributed by atoms with Crippen LogP contribution in [0.25, 0.3) is 0 Å². The number of ether oxygens (including phenoxy) is 1. The first-order valence-electron chi connectivity index (χ1n) is 4.24. The van der Waals surface area contributed by atoms with Crippen molar-refractivity contribution in [1.82, 2.24) is 0 Å². The van der Waals surface area contributed by atoms with Gasteiger partial charge >= 0.3 is 5.97 Å². The van der Waals surface area contributed by atoms with Gasteiger partial charge in [0.05, 0.1) is 6.61 Å². The van der Waals surface area contributed by atoms with Gasteiger partial charge < -0.3 is 4.74 Å². The average molecular weight is 186 g/mol. The van der Waals surface area contributed by atoms with Gasteiger partial charge in [-0.1, -0.05) is 6.92 Å². The molecule has 0 aliphatic carbocycles. The molecular formula is C9H14O4. The second-order valence-corrected chi connectivity index (χ2v) is 2.62. The molecule has 13 heavy (non-hydrogen) atoms. The third kappa shape index (κ3) is 3.36. The minimum absolute atomic E-state index is 0.170. The lowest BCUT2D eigenvalue weighted by molar-refractivity contribution is -0.154. The van der Waals surface area contributed by atoms with Crippen LogP contribution in [-0.4, -0.2) is 24.1 Å². The predicted molar refractivity (Wildman–Crippen MR) is 46.1 cm³/mol. The van der Waals surface area contributed by atoms with Crippen LogP contribution in [0.15, 0.2) is 0 Å². The van der Waals surface area contributed by atoms with E-state index in [0.29, 0.717) is 0 Å². The van der Waals surface area contributed by atoms with Crippen LogP contribution < -0.4 is 0 Å². The highest BCUT2D eigenvalue weighted by atomic mass is 16.5. The number of ketones is 2. The van der Waals surface area contributed by atoms with Crippen LogP contribution in [0.5, 0.6) is 0 Å². The van der Waals surface area contributed by atoms with Gasteiger partial charge in [0.2, 0.25) is 0 Å². The van der Waals surface area contributed by atoms with Crippen molar-refractivity contribution in [3.05, 3.63) is 0 Å². The number of hydrogen-bond donors (Lipinski definition) is 0. The summed E-state index contributed by atoms with van der Waals surface area (Å²) in [6.07, 6.45) is 0.170. The van der Waals surface area contributed by atoms with Crippen LogP contribution in [0.3, 0.4) is 0 Å². The summed E-state index contributed by atoms with van der Waals surface area (Å²) in [5, 5.41) is 0. The van der Waals surface area contributed by atoms with Crippen LogP contribution in [-0.2, 0) is 19.1 Å². The van der Waals surface area contributed by atoms with Gasteiger partial charge in [0.15, 0.2) is 17.5 Å². The maximum Gasteiger partial charge on any atom is 0.324 e. The summed E-state index contributed by atoms with van der Waals surface area (Å²) in [6.45, 7) is 4.64. The first-order valence-corrected chi connectivity index (χ1v) is 4.24. The first-order chi connectivity index (χ1) is 6.04. The van der Waals surface area contributed by atoms with Crippen molar-refractivity contribution in [3.8, 4) is 0 Å². The molecule has 0 aliphatic rings. The van der Waals surface area contributed by atoms with Crippen LogP contribution in [0, 0.1) is 5.92 Å². The molecule has 4 nitrogen and oxygen atoms in total. The standard InChI is InChI=1S/C9H14O4/c1-4-7(11)8(6(3)10)9(12)13-5-2/h8H,4-5H2,1-3H3. The zero-order valence-electron chi connectivity index (χ0n) is 8.12. The quantitative estimate of drug-likeness (QED) is 0.469. The van der Waals surface area contributed by atoms with Gasteiger partial charge in [0.25, 0.3) is 0 Å². The van der Waals surface area contributed by atoms with Crippen molar-refractivity contribution in [2.45, 2.75) is 27.2 Å². The Kier molecular flexibility index (Phi) is 4.96. The molecule has 0 saturated carbocycles. The van der Waals surface area contributed by atoms with Gasteiger partial charge in [0.1, 0.15) is 0 Å². The zero-order chi connectivity index (χ0) is 10.4. The fourth-order valence-corrected chi connectivity index (χ4v) is 0.954. The summed E-state index contributed by atoms with van der Waals surface area (Å²) in [5.41, 5.74) is 0. The van der Waals surface area contributed by atoms with Gasteiger partial charge in [-0.05, 0) is 13.8 Å². The smallest absolute Gasteiger partial charge is 0.324 e. The predicted octanol–water partition coefficient (Wildman–Crippen LogP) is 0.734. The van der Waals surface area contributed by atoms with Gasteiger partial charge in [-0.3, -0.25) is 14.4 Å². The SMILES string of the molecule is CCOC(=O)C(C(C)=O)C(=O)CC. The van der Waals surface area contributed by atoms with Crippen molar-refractivity contribution >= 4 is 17.5 Å². The lowest BCUT2D eigenvalue weighted by atomic mass is 9.98. The molecule has 0 aromatic rings. The number of Topliss-reactive ketones (excluding diaryl/α,β-unsaturated/α-hetero) is 2. The Labute approximate surface area is 77.3 Å². The maximum absolute atomic E-state index is 11.1. The average Bonchev–Trinajstić information content (AvgIpc) is 2.04. The van der Waals surface area contributed by atoms with Crippen molar-refractivity contribution in [2.24, 2.45) is 5.92 Å². The Hall–Kier alpha value is -1.19. The van der Waals surface area contributed by atoms with E-state index in [2.05, 4.69) is 4.74 Å². The molecule has 0 amide bonds. The van der Waals surface area contributed by atoms with E-state index in [1.807, 2.05) is 0 Å². The van der Waals surface area contributed by atoms with Crippen LogP contribution in [0.1, 0.15) is 27.2 Å². The molecule has 0 rings (SSSR count). The van der Waals surface area contributed by atoms with Gasteiger partial charge in [-0.15, -0.1) is 0 Å². The number of carbonyl (C=O) groups is 3. The molecule has 1 unspecified atom stereocenters. The highest BCUT2D eigenvalue weighted by Gasteiger charge is 2.30. The molecule has 0 bridgehead atoms. The highest BCUT2D eigenvalue weighted by molar-refractivity contribution is 6.16. The molecule has 0 aromatic heterocycles. The van der Waals surface area contributed by atoms with Gasteiger partial charge in [0, 0.05) is 6.42 Å². The molecule has 1 atom stereocenters. The largest absolute Gasteiger partial charge is 0.465 e. The third-order valence-corrected chi connectivity index (χ3v) is 1.60. The molecule has 0 aliphatic heterocycles. The number of esters is 1. The second kappa shape index (κ2) is 5.45. The highest BCUT2D eigenvalue weighted by Crippen LogP contribution is 2.06. The molecular weight excluding hydrogens is 172 g/mol. The minimum atomic E-state index is -1.22. The second-order valence-electron chi connectivity index (χ2n) is 2.62. The molecule has 0 radical (unpaired) electrons. The normalized spacial score (nSPS) is 11.9. The number of rotatable bonds is 5. The lowest BCUT2D eigenvalue weighted by Gasteiger charge is -2.09. The summed E-state index contributed by atoms with van der Waals surface area (Å²) in [5.74, 6) is -2.79. The molecule has 0 spiro atoms. The molecule has 74 valence electrons. The van der Waals surface area contributed by atoms with E-state index in [4.69, 9.17) is 0 Å². The fourth-order valence-electron chi connectivity index (χ4n) is 0.954. The molecule has 0 aromatic carbocycles. The summed E-state index contributed by atoms with van der Waals surface area (Å²) < 4.78 is 4.61. The number of carbonyl (C=O) groups excluding carboxylic acids is 3. The molecule has 0 N–H and O–H groups in total. The van der Waals surface area contributed by atoms with Crippen LogP contribution >= 0.6 is 0 Å². The topological polar surface area (TPSA) is 60.4 Å². The maximum atomic E-state index is 11.1. The summed E-state index contributed by atoms with van der Waals surface area (Å²) in [7, 11) is 0. The minimum Gasteiger partial charge on any atom is -0.465 e. The summed E-state index contributed by atoms with van der Waals surface area (Å²) in [4.78, 5) is 33.2. The van der Waals surface area contributed by atoms with Crippen LogP contribution in [0.4, 0.5) is 0 Å². The Morgan fingerprint density at radius 1 is 1.23 bits per heavy atom. The molecule has 4 heteroatoms. The van der Waals surface area contributed by atoms with E-state index >= 15 is 0 Å². The Bertz CT molecular complexity index is 220. The lowest BCUT2D eigenvalue weighted by Crippen LogP contribution is -2.31. The number of hydrogen-bond acceptors (Lipinski definition) is 4. The van der Waals surface area contributed by atoms with Crippen LogP contribution in [0.2, 0.25) is 0 Å². The molecule has 0 fully saturated rings. The Morgan fingerprint density at radius 2 is 1.77 bits per heavy atom. The van der Waals surface area contributed by atoms with E-state index < -0.39 is 17.7 Å². The van der Waals surface area contributed by atoms with E-state index in [1.165, 1.54) is 6.92 Å². The van der Waals surface area contributed by atoms with Gasteiger partial charge in [-0.2, -0.15) is 0 Å². The molecule has 0 saturated heterocycles. The first kappa shape index (κ1) is 11.8. The van der Waals surface area contributed by atoms with E-state index in [1.54, 1.807) is 13.8 Å². The van der Waals surface area contributed by atoms with E-state index in [-0.39, 0.29) is 18.8 Å².